The minimum Gasteiger partial charge on any atom is -0.322 e. The summed E-state index contributed by atoms with van der Waals surface area (Å²) in [5.74, 6) is 0.842. The second kappa shape index (κ2) is 7.20. The summed E-state index contributed by atoms with van der Waals surface area (Å²) in [4.78, 5) is 4.54. The minimum absolute atomic E-state index is 0.0728. The molecule has 1 heterocycles. The lowest BCUT2D eigenvalue weighted by Crippen LogP contribution is -2.32. The van der Waals surface area contributed by atoms with E-state index in [1.807, 2.05) is 18.3 Å². The lowest BCUT2D eigenvalue weighted by atomic mass is 9.69. The van der Waals surface area contributed by atoms with Gasteiger partial charge in [0.05, 0.1) is 11.7 Å². The predicted molar refractivity (Wildman–Crippen MR) is 102 cm³/mol. The molecule has 25 heavy (non-hydrogen) atoms. The number of pyridine rings is 1. The molecule has 0 saturated heterocycles. The van der Waals surface area contributed by atoms with E-state index in [0.717, 1.165) is 18.5 Å². The van der Waals surface area contributed by atoms with Gasteiger partial charge in [0.1, 0.15) is 0 Å². The molecule has 3 aromatic rings. The van der Waals surface area contributed by atoms with Gasteiger partial charge in [-0.15, -0.1) is 0 Å². The second-order valence-electron chi connectivity index (χ2n) is 6.99. The zero-order chi connectivity index (χ0) is 17.1. The van der Waals surface area contributed by atoms with E-state index in [-0.39, 0.29) is 6.04 Å². The van der Waals surface area contributed by atoms with E-state index in [4.69, 9.17) is 5.73 Å². The molecule has 1 aliphatic rings. The van der Waals surface area contributed by atoms with E-state index in [1.54, 1.807) is 0 Å². The van der Waals surface area contributed by atoms with Crippen LogP contribution in [0.25, 0.3) is 0 Å². The van der Waals surface area contributed by atoms with Gasteiger partial charge in [-0.05, 0) is 54.0 Å². The first-order chi connectivity index (χ1) is 12.3. The largest absolute Gasteiger partial charge is 0.322 e. The van der Waals surface area contributed by atoms with E-state index in [2.05, 4.69) is 65.6 Å². The number of nitrogens with zero attached hydrogens (tertiary/aromatic N) is 1. The molecule has 3 atom stereocenters. The molecule has 0 fully saturated rings. The molecule has 2 N–H and O–H groups in total. The third kappa shape index (κ3) is 3.35. The maximum atomic E-state index is 6.77. The molecule has 1 aliphatic carbocycles. The van der Waals surface area contributed by atoms with Crippen LogP contribution in [0.15, 0.2) is 79.0 Å². The third-order valence-corrected chi connectivity index (χ3v) is 5.46. The van der Waals surface area contributed by atoms with Crippen molar-refractivity contribution in [2.45, 2.75) is 31.2 Å². The fraction of sp³-hybridized carbons (Fsp3) is 0.261. The Morgan fingerprint density at radius 1 is 0.920 bits per heavy atom. The van der Waals surface area contributed by atoms with Crippen molar-refractivity contribution in [3.05, 3.63) is 101 Å². The van der Waals surface area contributed by atoms with Crippen molar-refractivity contribution in [2.24, 2.45) is 11.7 Å². The van der Waals surface area contributed by atoms with Gasteiger partial charge in [-0.2, -0.15) is 0 Å². The molecule has 0 spiro atoms. The van der Waals surface area contributed by atoms with Crippen LogP contribution >= 0.6 is 0 Å². The fourth-order valence-electron chi connectivity index (χ4n) is 4.25. The number of fused-ring (bicyclic) bond motifs is 1. The number of rotatable bonds is 4. The Labute approximate surface area is 149 Å². The van der Waals surface area contributed by atoms with E-state index in [0.29, 0.717) is 11.8 Å². The number of aryl methyl sites for hydroxylation is 1. The topological polar surface area (TPSA) is 38.9 Å². The molecule has 126 valence electrons. The zero-order valence-corrected chi connectivity index (χ0v) is 14.4. The molecule has 2 aromatic carbocycles. The number of aromatic nitrogens is 1. The molecule has 4 rings (SSSR count). The van der Waals surface area contributed by atoms with E-state index >= 15 is 0 Å². The first kappa shape index (κ1) is 16.0. The SMILES string of the molecule is NC(c1ccccn1)C1c2ccccc2CCC1Cc1ccccc1. The highest BCUT2D eigenvalue weighted by molar-refractivity contribution is 5.36. The fourth-order valence-corrected chi connectivity index (χ4v) is 4.25. The summed E-state index contributed by atoms with van der Waals surface area (Å²) in [7, 11) is 0. The van der Waals surface area contributed by atoms with Crippen molar-refractivity contribution in [1.82, 2.24) is 4.98 Å². The Balaban J connectivity index is 1.71. The average molecular weight is 328 g/mol. The Kier molecular flexibility index (Phi) is 4.62. The Morgan fingerprint density at radius 2 is 1.68 bits per heavy atom. The smallest absolute Gasteiger partial charge is 0.0577 e. The molecule has 3 unspecified atom stereocenters. The van der Waals surface area contributed by atoms with Gasteiger partial charge in [-0.1, -0.05) is 60.7 Å². The molecule has 0 aliphatic heterocycles. The summed E-state index contributed by atoms with van der Waals surface area (Å²) in [6.45, 7) is 0. The molecular weight excluding hydrogens is 304 g/mol. The van der Waals surface area contributed by atoms with Gasteiger partial charge < -0.3 is 5.73 Å². The van der Waals surface area contributed by atoms with Gasteiger partial charge in [0.15, 0.2) is 0 Å². The van der Waals surface area contributed by atoms with E-state index < -0.39 is 0 Å². The van der Waals surface area contributed by atoms with Gasteiger partial charge in [-0.3, -0.25) is 4.98 Å². The van der Waals surface area contributed by atoms with Crippen molar-refractivity contribution in [2.75, 3.05) is 0 Å². The molecule has 2 nitrogen and oxygen atoms in total. The Bertz CT molecular complexity index is 814. The summed E-state index contributed by atoms with van der Waals surface area (Å²) in [5.41, 5.74) is 12.0. The summed E-state index contributed by atoms with van der Waals surface area (Å²) < 4.78 is 0. The maximum Gasteiger partial charge on any atom is 0.0577 e. The van der Waals surface area contributed by atoms with Gasteiger partial charge >= 0.3 is 0 Å². The zero-order valence-electron chi connectivity index (χ0n) is 14.4. The summed E-state index contributed by atoms with van der Waals surface area (Å²) in [6, 6.07) is 25.5. The van der Waals surface area contributed by atoms with Crippen LogP contribution in [0.1, 0.15) is 40.8 Å². The van der Waals surface area contributed by atoms with Gasteiger partial charge in [0.25, 0.3) is 0 Å². The predicted octanol–water partition coefficient (Wildman–Crippen LogP) is 4.67. The maximum absolute atomic E-state index is 6.77. The van der Waals surface area contributed by atoms with Crippen LogP contribution in [0.5, 0.6) is 0 Å². The lowest BCUT2D eigenvalue weighted by molar-refractivity contribution is 0.324. The van der Waals surface area contributed by atoms with Crippen LogP contribution in [0.4, 0.5) is 0 Å². The standard InChI is InChI=1S/C23H24N2/c24-23(21-12-6-7-15-25-21)22-19(16-17-8-2-1-3-9-17)14-13-18-10-4-5-11-20(18)22/h1-12,15,19,22-23H,13-14,16,24H2. The molecule has 0 saturated carbocycles. The highest BCUT2D eigenvalue weighted by Crippen LogP contribution is 2.43. The van der Waals surface area contributed by atoms with Crippen molar-refractivity contribution in [3.63, 3.8) is 0 Å². The summed E-state index contributed by atoms with van der Waals surface area (Å²) in [6.07, 6.45) is 5.23. The number of nitrogens with two attached hydrogens (primary N) is 1. The highest BCUT2D eigenvalue weighted by atomic mass is 14.8. The van der Waals surface area contributed by atoms with Crippen LogP contribution in [0.3, 0.4) is 0 Å². The van der Waals surface area contributed by atoms with E-state index in [1.165, 1.54) is 23.1 Å². The lowest BCUT2D eigenvalue weighted by Gasteiger charge is -2.37. The van der Waals surface area contributed by atoms with Crippen LogP contribution in [0, 0.1) is 5.92 Å². The average Bonchev–Trinajstić information content (AvgIpc) is 2.69. The van der Waals surface area contributed by atoms with Crippen LogP contribution in [-0.4, -0.2) is 4.98 Å². The third-order valence-electron chi connectivity index (χ3n) is 5.46. The van der Waals surface area contributed by atoms with Crippen LogP contribution in [-0.2, 0) is 12.8 Å². The first-order valence-corrected chi connectivity index (χ1v) is 9.11. The Morgan fingerprint density at radius 3 is 2.48 bits per heavy atom. The van der Waals surface area contributed by atoms with Crippen LogP contribution < -0.4 is 5.73 Å². The van der Waals surface area contributed by atoms with Crippen LogP contribution in [0.2, 0.25) is 0 Å². The molecule has 0 radical (unpaired) electrons. The number of hydrogen-bond acceptors (Lipinski definition) is 2. The number of hydrogen-bond donors (Lipinski definition) is 1. The molecular formula is C23H24N2. The summed E-state index contributed by atoms with van der Waals surface area (Å²) >= 11 is 0. The monoisotopic (exact) mass is 328 g/mol. The molecule has 2 heteroatoms. The van der Waals surface area contributed by atoms with Crippen molar-refractivity contribution < 1.29 is 0 Å². The van der Waals surface area contributed by atoms with Gasteiger partial charge in [-0.25, -0.2) is 0 Å². The highest BCUT2D eigenvalue weighted by Gasteiger charge is 2.34. The van der Waals surface area contributed by atoms with E-state index in [9.17, 15) is 0 Å². The van der Waals surface area contributed by atoms with Gasteiger partial charge in [0.2, 0.25) is 0 Å². The quantitative estimate of drug-likeness (QED) is 0.756. The normalized spacial score (nSPS) is 20.7. The Hall–Kier alpha value is -2.45. The van der Waals surface area contributed by atoms with Crippen molar-refractivity contribution in [1.29, 1.82) is 0 Å². The first-order valence-electron chi connectivity index (χ1n) is 9.11. The van der Waals surface area contributed by atoms with Crippen molar-refractivity contribution >= 4 is 0 Å². The van der Waals surface area contributed by atoms with Crippen molar-refractivity contribution in [3.8, 4) is 0 Å². The summed E-state index contributed by atoms with van der Waals surface area (Å²) in [5, 5.41) is 0. The second-order valence-corrected chi connectivity index (χ2v) is 6.99. The van der Waals surface area contributed by atoms with Gasteiger partial charge in [0, 0.05) is 12.1 Å². The molecule has 0 amide bonds. The molecule has 0 bridgehead atoms. The minimum atomic E-state index is -0.0728. The molecule has 1 aromatic heterocycles. The number of benzene rings is 2.